The Balaban J connectivity index is 0.000000222. The first-order valence-corrected chi connectivity index (χ1v) is 14.2. The Morgan fingerprint density at radius 3 is 0.870 bits per heavy atom. The third kappa shape index (κ3) is 13.9. The van der Waals surface area contributed by atoms with Gasteiger partial charge in [0, 0.05) is 58.7 Å². The molecule has 0 unspecified atom stereocenters. The van der Waals surface area contributed by atoms with Crippen LogP contribution in [0.1, 0.15) is 20.7 Å². The average molecular weight is 676 g/mol. The van der Waals surface area contributed by atoms with Crippen LogP contribution in [0, 0.1) is 0 Å². The second kappa shape index (κ2) is 19.8. The molecule has 0 aliphatic heterocycles. The Bertz CT molecular complexity index is 1710. The Labute approximate surface area is 275 Å². The fourth-order valence-electron chi connectivity index (χ4n) is 3.31. The quantitative estimate of drug-likeness (QED) is 0.106. The molecule has 46 heavy (non-hydrogen) atoms. The van der Waals surface area contributed by atoms with Crippen LogP contribution in [0.4, 0.5) is 0 Å². The van der Waals surface area contributed by atoms with Crippen LogP contribution in [0.15, 0.2) is 134 Å². The van der Waals surface area contributed by atoms with Gasteiger partial charge < -0.3 is 9.11 Å². The van der Waals surface area contributed by atoms with Crippen molar-refractivity contribution < 1.29 is 44.2 Å². The SMILES string of the molecule is O=Cc1ccc(-c2ccccn2)nc1.O=Cc1ccc(-c2ccccn2)nc1.O=S(=O)([O-])[O-].[Fe+2].c1ccc(-c2ccccn2)nc1. The van der Waals surface area contributed by atoms with E-state index in [4.69, 9.17) is 17.5 Å². The van der Waals surface area contributed by atoms with E-state index in [1.54, 1.807) is 49.1 Å². The number of rotatable bonds is 5. The van der Waals surface area contributed by atoms with E-state index in [1.165, 1.54) is 12.4 Å². The molecule has 0 aromatic carbocycles. The maximum absolute atomic E-state index is 10.4. The van der Waals surface area contributed by atoms with E-state index in [-0.39, 0.29) is 17.1 Å². The van der Waals surface area contributed by atoms with Crippen molar-refractivity contribution in [1.82, 2.24) is 29.9 Å². The molecule has 0 saturated carbocycles. The fraction of sp³-hybridized carbons (Fsp3) is 0. The molecule has 0 amide bonds. The smallest absolute Gasteiger partial charge is 0.759 e. The topological polar surface area (TPSA) is 192 Å². The third-order valence-electron chi connectivity index (χ3n) is 5.29. The number of aromatic nitrogens is 6. The van der Waals surface area contributed by atoms with E-state index in [9.17, 15) is 9.59 Å². The molecule has 0 N–H and O–H groups in total. The van der Waals surface area contributed by atoms with Gasteiger partial charge in [-0.3, -0.25) is 47.9 Å². The normalized spacial score (nSPS) is 9.70. The van der Waals surface area contributed by atoms with Crippen molar-refractivity contribution in [3.8, 4) is 34.2 Å². The summed E-state index contributed by atoms with van der Waals surface area (Å²) in [6, 6.07) is 29.9. The van der Waals surface area contributed by atoms with Crippen LogP contribution in [-0.2, 0) is 27.5 Å². The molecule has 0 radical (unpaired) electrons. The average Bonchev–Trinajstić information content (AvgIpc) is 3.10. The first-order chi connectivity index (χ1) is 21.8. The molecule has 0 bridgehead atoms. The first-order valence-electron chi connectivity index (χ1n) is 12.9. The second-order valence-corrected chi connectivity index (χ2v) is 9.27. The van der Waals surface area contributed by atoms with Crippen molar-refractivity contribution in [3.63, 3.8) is 0 Å². The van der Waals surface area contributed by atoms with Gasteiger partial charge in [0.2, 0.25) is 0 Å². The first kappa shape index (κ1) is 36.8. The van der Waals surface area contributed by atoms with Crippen molar-refractivity contribution in [2.45, 2.75) is 0 Å². The molecule has 14 heteroatoms. The van der Waals surface area contributed by atoms with Gasteiger partial charge in [0.05, 0.1) is 34.2 Å². The molecule has 0 saturated heterocycles. The fourth-order valence-corrected chi connectivity index (χ4v) is 3.31. The zero-order chi connectivity index (χ0) is 32.3. The standard InChI is InChI=1S/2C11H8N2O.C10H8N2.Fe.H2O4S/c2*14-8-9-4-5-11(13-7-9)10-3-1-2-6-12-10;1-3-7-11-9(5-1)10-6-2-4-8-12-10;;1-5(2,3)4/h2*1-8H;1-8H;;(H2,1,2,3,4)/q;;;+2;/p-2. The summed E-state index contributed by atoms with van der Waals surface area (Å²) in [5, 5.41) is 0. The van der Waals surface area contributed by atoms with Gasteiger partial charge in [-0.05, 0) is 72.8 Å². The van der Waals surface area contributed by atoms with Crippen molar-refractivity contribution in [2.24, 2.45) is 0 Å². The van der Waals surface area contributed by atoms with E-state index in [0.29, 0.717) is 11.1 Å². The Hall–Kier alpha value is -5.37. The molecule has 0 fully saturated rings. The molecule has 0 atom stereocenters. The van der Waals surface area contributed by atoms with Gasteiger partial charge in [-0.15, -0.1) is 0 Å². The molecule has 0 aliphatic rings. The van der Waals surface area contributed by atoms with E-state index < -0.39 is 10.4 Å². The second-order valence-electron chi connectivity index (χ2n) is 8.46. The van der Waals surface area contributed by atoms with Crippen LogP contribution in [0.3, 0.4) is 0 Å². The van der Waals surface area contributed by atoms with E-state index >= 15 is 0 Å². The number of carbonyl (C=O) groups excluding carboxylic acids is 2. The van der Waals surface area contributed by atoms with E-state index in [2.05, 4.69) is 29.9 Å². The Morgan fingerprint density at radius 1 is 0.435 bits per heavy atom. The minimum Gasteiger partial charge on any atom is -0.759 e. The summed E-state index contributed by atoms with van der Waals surface area (Å²) in [5.41, 5.74) is 6.15. The number of nitrogens with zero attached hydrogens (tertiary/aromatic N) is 6. The van der Waals surface area contributed by atoms with Crippen LogP contribution >= 0.6 is 0 Å². The Morgan fingerprint density at radius 2 is 0.696 bits per heavy atom. The van der Waals surface area contributed by atoms with Crippen LogP contribution in [0.2, 0.25) is 0 Å². The summed E-state index contributed by atoms with van der Waals surface area (Å²) < 4.78 is 34.1. The van der Waals surface area contributed by atoms with Gasteiger partial charge in [0.25, 0.3) is 0 Å². The zero-order valence-corrected chi connectivity index (χ0v) is 25.7. The maximum Gasteiger partial charge on any atom is 2.00 e. The van der Waals surface area contributed by atoms with Crippen LogP contribution in [-0.4, -0.2) is 60.0 Å². The molecular formula is C32H24FeN6O6S. The number of aldehydes is 2. The van der Waals surface area contributed by atoms with E-state index in [0.717, 1.165) is 46.7 Å². The van der Waals surface area contributed by atoms with Crippen molar-refractivity contribution >= 4 is 23.0 Å². The van der Waals surface area contributed by atoms with Gasteiger partial charge in [-0.1, -0.05) is 24.3 Å². The number of hydrogen-bond acceptors (Lipinski definition) is 12. The van der Waals surface area contributed by atoms with Gasteiger partial charge in [0.1, 0.15) is 0 Å². The van der Waals surface area contributed by atoms with Crippen molar-refractivity contribution in [3.05, 3.63) is 145 Å². The molecule has 6 rings (SSSR count). The largest absolute Gasteiger partial charge is 2.00 e. The summed E-state index contributed by atoms with van der Waals surface area (Å²) in [4.78, 5) is 45.7. The van der Waals surface area contributed by atoms with Gasteiger partial charge in [0.15, 0.2) is 12.6 Å². The van der Waals surface area contributed by atoms with Crippen molar-refractivity contribution in [1.29, 1.82) is 0 Å². The van der Waals surface area contributed by atoms with Gasteiger partial charge in [-0.25, -0.2) is 0 Å². The van der Waals surface area contributed by atoms with Gasteiger partial charge >= 0.3 is 17.1 Å². The van der Waals surface area contributed by atoms with E-state index in [1.807, 2.05) is 72.8 Å². The molecule has 6 aromatic heterocycles. The summed E-state index contributed by atoms with van der Waals surface area (Å²) in [6.45, 7) is 0. The summed E-state index contributed by atoms with van der Waals surface area (Å²) in [6.07, 6.45) is 11.6. The number of hydrogen-bond donors (Lipinski definition) is 0. The summed E-state index contributed by atoms with van der Waals surface area (Å²) in [5.74, 6) is 0. The molecular weight excluding hydrogens is 652 g/mol. The molecule has 12 nitrogen and oxygen atoms in total. The third-order valence-corrected chi connectivity index (χ3v) is 5.29. The van der Waals surface area contributed by atoms with Crippen LogP contribution in [0.25, 0.3) is 34.2 Å². The number of pyridine rings is 6. The number of carbonyl (C=O) groups is 2. The van der Waals surface area contributed by atoms with Gasteiger partial charge in [-0.2, -0.15) is 0 Å². The van der Waals surface area contributed by atoms with Crippen LogP contribution < -0.4 is 0 Å². The predicted molar refractivity (Wildman–Crippen MR) is 164 cm³/mol. The minimum absolute atomic E-state index is 0. The minimum atomic E-state index is -5.17. The molecule has 6 aromatic rings. The molecule has 232 valence electrons. The Kier molecular flexibility index (Phi) is 15.9. The molecule has 6 heterocycles. The maximum atomic E-state index is 10.4. The summed E-state index contributed by atoms with van der Waals surface area (Å²) in [7, 11) is -5.17. The van der Waals surface area contributed by atoms with Crippen molar-refractivity contribution in [2.75, 3.05) is 0 Å². The molecule has 0 aliphatic carbocycles. The summed E-state index contributed by atoms with van der Waals surface area (Å²) >= 11 is 0. The zero-order valence-electron chi connectivity index (χ0n) is 23.8. The monoisotopic (exact) mass is 676 g/mol. The molecule has 0 spiro atoms. The van der Waals surface area contributed by atoms with Crippen LogP contribution in [0.5, 0.6) is 0 Å². The predicted octanol–water partition coefficient (Wildman–Crippen LogP) is 4.72.